The van der Waals surface area contributed by atoms with Crippen molar-refractivity contribution in [2.45, 2.75) is 19.9 Å². The largest absolute Gasteiger partial charge is 0.493 e. The van der Waals surface area contributed by atoms with E-state index in [0.29, 0.717) is 23.8 Å². The van der Waals surface area contributed by atoms with Crippen molar-refractivity contribution >= 4 is 5.91 Å². The van der Waals surface area contributed by atoms with Crippen LogP contribution in [-0.2, 0) is 11.3 Å². The van der Waals surface area contributed by atoms with Crippen molar-refractivity contribution in [2.75, 3.05) is 60.6 Å². The normalized spacial score (nSPS) is 15.5. The fraction of sp³-hybridized carbons (Fsp3) is 0.632. The first-order valence-electron chi connectivity index (χ1n) is 9.12. The molecule has 1 saturated heterocycles. The maximum absolute atomic E-state index is 11.8. The molecular weight excluding hydrogens is 334 g/mol. The molecule has 0 saturated carbocycles. The topological polar surface area (TPSA) is 63.3 Å². The lowest BCUT2D eigenvalue weighted by atomic mass is 10.1. The van der Waals surface area contributed by atoms with Gasteiger partial charge in [0.25, 0.3) is 0 Å². The standard InChI is InChI=1S/C19H31N3O4/c1-5-8-20-17(23)14-22-11-9-21(10-12-22)13-15-6-7-16(24-2)19(26-4)18(15)25-3/h6-7H,5,8-14H2,1-4H3,(H,20,23). The maximum atomic E-state index is 11.8. The molecule has 1 aromatic carbocycles. The summed E-state index contributed by atoms with van der Waals surface area (Å²) in [7, 11) is 4.88. The van der Waals surface area contributed by atoms with E-state index in [0.717, 1.165) is 51.3 Å². The lowest BCUT2D eigenvalue weighted by molar-refractivity contribution is -0.122. The molecule has 1 aliphatic heterocycles. The van der Waals surface area contributed by atoms with E-state index in [-0.39, 0.29) is 5.91 Å². The van der Waals surface area contributed by atoms with Gasteiger partial charge in [-0.1, -0.05) is 13.0 Å². The van der Waals surface area contributed by atoms with Gasteiger partial charge in [0.05, 0.1) is 27.9 Å². The Labute approximate surface area is 156 Å². The Morgan fingerprint density at radius 3 is 2.23 bits per heavy atom. The summed E-state index contributed by atoms with van der Waals surface area (Å²) in [5.41, 5.74) is 1.07. The first kappa shape index (κ1) is 20.3. The van der Waals surface area contributed by atoms with E-state index in [1.165, 1.54) is 0 Å². The number of ether oxygens (including phenoxy) is 3. The number of nitrogens with one attached hydrogen (secondary N) is 1. The smallest absolute Gasteiger partial charge is 0.234 e. The van der Waals surface area contributed by atoms with Crippen molar-refractivity contribution < 1.29 is 19.0 Å². The molecule has 0 radical (unpaired) electrons. The fourth-order valence-corrected chi connectivity index (χ4v) is 3.16. The predicted octanol–water partition coefficient (Wildman–Crippen LogP) is 1.36. The van der Waals surface area contributed by atoms with Crippen molar-refractivity contribution in [2.24, 2.45) is 0 Å². The third-order valence-corrected chi connectivity index (χ3v) is 4.58. The van der Waals surface area contributed by atoms with E-state index in [2.05, 4.69) is 22.0 Å². The summed E-state index contributed by atoms with van der Waals surface area (Å²) in [4.78, 5) is 16.4. The van der Waals surface area contributed by atoms with Crippen LogP contribution in [0.3, 0.4) is 0 Å². The van der Waals surface area contributed by atoms with Crippen molar-refractivity contribution in [3.63, 3.8) is 0 Å². The van der Waals surface area contributed by atoms with Gasteiger partial charge in [-0.25, -0.2) is 0 Å². The molecule has 1 N–H and O–H groups in total. The zero-order valence-corrected chi connectivity index (χ0v) is 16.3. The summed E-state index contributed by atoms with van der Waals surface area (Å²) in [5, 5.41) is 2.93. The molecule has 0 unspecified atom stereocenters. The van der Waals surface area contributed by atoms with E-state index >= 15 is 0 Å². The van der Waals surface area contributed by atoms with E-state index in [4.69, 9.17) is 14.2 Å². The summed E-state index contributed by atoms with van der Waals surface area (Å²) in [6, 6.07) is 3.93. The molecule has 0 aromatic heterocycles. The summed E-state index contributed by atoms with van der Waals surface area (Å²) in [6.45, 7) is 7.66. The lowest BCUT2D eigenvalue weighted by Crippen LogP contribution is -2.49. The second kappa shape index (κ2) is 10.2. The van der Waals surface area contributed by atoms with Crippen LogP contribution in [0.2, 0.25) is 0 Å². The van der Waals surface area contributed by atoms with E-state index in [9.17, 15) is 4.79 Å². The van der Waals surface area contributed by atoms with Gasteiger partial charge in [-0.2, -0.15) is 0 Å². The SMILES string of the molecule is CCCNC(=O)CN1CCN(Cc2ccc(OC)c(OC)c2OC)CC1. The number of methoxy groups -OCH3 is 3. The Morgan fingerprint density at radius 1 is 1.00 bits per heavy atom. The number of amides is 1. The van der Waals surface area contributed by atoms with Crippen LogP contribution in [-0.4, -0.2) is 76.3 Å². The van der Waals surface area contributed by atoms with E-state index in [1.807, 2.05) is 12.1 Å². The van der Waals surface area contributed by atoms with Gasteiger partial charge >= 0.3 is 0 Å². The Kier molecular flexibility index (Phi) is 8.00. The number of piperazine rings is 1. The minimum atomic E-state index is 0.113. The van der Waals surface area contributed by atoms with Gasteiger partial charge in [0.15, 0.2) is 11.5 Å². The molecule has 7 nitrogen and oxygen atoms in total. The van der Waals surface area contributed by atoms with Crippen LogP contribution in [0.25, 0.3) is 0 Å². The van der Waals surface area contributed by atoms with Crippen molar-refractivity contribution in [3.8, 4) is 17.2 Å². The number of rotatable bonds is 9. The lowest BCUT2D eigenvalue weighted by Gasteiger charge is -2.34. The van der Waals surface area contributed by atoms with Crippen LogP contribution in [0.15, 0.2) is 12.1 Å². The molecule has 0 bridgehead atoms. The number of nitrogens with zero attached hydrogens (tertiary/aromatic N) is 2. The highest BCUT2D eigenvalue weighted by Crippen LogP contribution is 2.40. The molecule has 1 fully saturated rings. The molecule has 0 aliphatic carbocycles. The van der Waals surface area contributed by atoms with E-state index in [1.54, 1.807) is 21.3 Å². The van der Waals surface area contributed by atoms with Gasteiger partial charge < -0.3 is 19.5 Å². The van der Waals surface area contributed by atoms with Gasteiger partial charge in [0, 0.05) is 44.8 Å². The quantitative estimate of drug-likeness (QED) is 0.713. The molecular formula is C19H31N3O4. The van der Waals surface area contributed by atoms with Crippen LogP contribution in [0.1, 0.15) is 18.9 Å². The Morgan fingerprint density at radius 2 is 1.65 bits per heavy atom. The van der Waals surface area contributed by atoms with Crippen LogP contribution in [0, 0.1) is 0 Å². The van der Waals surface area contributed by atoms with Crippen LogP contribution >= 0.6 is 0 Å². The Hall–Kier alpha value is -1.99. The van der Waals surface area contributed by atoms with Gasteiger partial charge in [-0.05, 0) is 12.5 Å². The highest BCUT2D eigenvalue weighted by molar-refractivity contribution is 5.77. The predicted molar refractivity (Wildman–Crippen MR) is 101 cm³/mol. The Balaban J connectivity index is 1.92. The summed E-state index contributed by atoms with van der Waals surface area (Å²) < 4.78 is 16.4. The van der Waals surface area contributed by atoms with Crippen molar-refractivity contribution in [1.29, 1.82) is 0 Å². The average molecular weight is 365 g/mol. The average Bonchev–Trinajstić information content (AvgIpc) is 2.67. The second-order valence-electron chi connectivity index (χ2n) is 6.40. The third-order valence-electron chi connectivity index (χ3n) is 4.58. The molecule has 1 amide bonds. The van der Waals surface area contributed by atoms with Gasteiger partial charge in [0.1, 0.15) is 0 Å². The number of hydrogen-bond donors (Lipinski definition) is 1. The summed E-state index contributed by atoms with van der Waals surface area (Å²) in [6.07, 6.45) is 0.965. The molecule has 26 heavy (non-hydrogen) atoms. The zero-order valence-electron chi connectivity index (χ0n) is 16.3. The zero-order chi connectivity index (χ0) is 18.9. The van der Waals surface area contributed by atoms with Gasteiger partial charge in [0.2, 0.25) is 11.7 Å². The highest BCUT2D eigenvalue weighted by Gasteiger charge is 2.22. The van der Waals surface area contributed by atoms with Crippen LogP contribution in [0.5, 0.6) is 17.2 Å². The molecule has 2 rings (SSSR count). The maximum Gasteiger partial charge on any atom is 0.234 e. The first-order chi connectivity index (χ1) is 12.6. The Bertz CT molecular complexity index is 586. The van der Waals surface area contributed by atoms with Crippen LogP contribution < -0.4 is 19.5 Å². The highest BCUT2D eigenvalue weighted by atomic mass is 16.5. The number of carbonyl (C=O) groups excluding carboxylic acids is 1. The van der Waals surface area contributed by atoms with E-state index < -0.39 is 0 Å². The molecule has 146 valence electrons. The molecule has 0 spiro atoms. The molecule has 0 atom stereocenters. The molecule has 1 heterocycles. The molecule has 1 aliphatic rings. The number of carbonyl (C=O) groups is 1. The minimum absolute atomic E-state index is 0.113. The van der Waals surface area contributed by atoms with Gasteiger partial charge in [-0.3, -0.25) is 14.6 Å². The minimum Gasteiger partial charge on any atom is -0.493 e. The molecule has 1 aromatic rings. The van der Waals surface area contributed by atoms with Crippen molar-refractivity contribution in [1.82, 2.24) is 15.1 Å². The summed E-state index contributed by atoms with van der Waals surface area (Å²) in [5.74, 6) is 2.12. The fourth-order valence-electron chi connectivity index (χ4n) is 3.16. The summed E-state index contributed by atoms with van der Waals surface area (Å²) >= 11 is 0. The second-order valence-corrected chi connectivity index (χ2v) is 6.40. The van der Waals surface area contributed by atoms with Crippen LogP contribution in [0.4, 0.5) is 0 Å². The van der Waals surface area contributed by atoms with Gasteiger partial charge in [-0.15, -0.1) is 0 Å². The number of hydrogen-bond acceptors (Lipinski definition) is 6. The molecule has 7 heteroatoms. The first-order valence-corrected chi connectivity index (χ1v) is 9.12. The third kappa shape index (κ3) is 5.25. The number of benzene rings is 1. The monoisotopic (exact) mass is 365 g/mol. The van der Waals surface area contributed by atoms with Crippen molar-refractivity contribution in [3.05, 3.63) is 17.7 Å².